The van der Waals surface area contributed by atoms with Gasteiger partial charge in [0.1, 0.15) is 18.3 Å². The molecule has 5 N–H and O–H groups in total. The average molecular weight is 472 g/mol. The molecule has 166 valence electrons. The van der Waals surface area contributed by atoms with Crippen LogP contribution in [0.1, 0.15) is 5.56 Å². The van der Waals surface area contributed by atoms with Crippen molar-refractivity contribution in [3.8, 4) is 0 Å². The summed E-state index contributed by atoms with van der Waals surface area (Å²) in [5, 5.41) is 42.4. The standard InChI is InChI=1S/C20H19Cl2NO8/c21-10-5-3-6-11(22)14(10)23-12-7-2-1-4-9(12)8-13(24)30-20-17(27)15(25)16(26)18(31-20)19(28)29/h1-7,15-18,20,23,25-27H,8H2,(H,28,29)/t15-,16-,17+,18-,20-/m0/s1. The zero-order valence-corrected chi connectivity index (χ0v) is 17.3. The number of hydrogen-bond acceptors (Lipinski definition) is 8. The number of carbonyl (C=O) groups excluding carboxylic acids is 1. The topological polar surface area (TPSA) is 146 Å². The lowest BCUT2D eigenvalue weighted by atomic mass is 9.99. The summed E-state index contributed by atoms with van der Waals surface area (Å²) in [6.45, 7) is 0. The molecule has 9 nitrogen and oxygen atoms in total. The molecule has 0 bridgehead atoms. The van der Waals surface area contributed by atoms with Crippen LogP contribution in [0.5, 0.6) is 0 Å². The molecule has 0 saturated carbocycles. The van der Waals surface area contributed by atoms with E-state index in [1.54, 1.807) is 42.5 Å². The van der Waals surface area contributed by atoms with Gasteiger partial charge in [-0.1, -0.05) is 47.5 Å². The Morgan fingerprint density at radius 1 is 0.968 bits per heavy atom. The molecule has 0 amide bonds. The van der Waals surface area contributed by atoms with Gasteiger partial charge >= 0.3 is 11.9 Å². The lowest BCUT2D eigenvalue weighted by Crippen LogP contribution is -2.60. The summed E-state index contributed by atoms with van der Waals surface area (Å²) in [7, 11) is 0. The first-order chi connectivity index (χ1) is 14.7. The number of aliphatic hydroxyl groups excluding tert-OH is 3. The summed E-state index contributed by atoms with van der Waals surface area (Å²) in [5.74, 6) is -2.44. The van der Waals surface area contributed by atoms with E-state index < -0.39 is 42.6 Å². The van der Waals surface area contributed by atoms with Gasteiger partial charge in [0, 0.05) is 5.69 Å². The number of esters is 1. The van der Waals surface area contributed by atoms with Gasteiger partial charge in [0.15, 0.2) is 6.10 Å². The van der Waals surface area contributed by atoms with Crippen LogP contribution in [0, 0.1) is 0 Å². The predicted molar refractivity (Wildman–Crippen MR) is 110 cm³/mol. The van der Waals surface area contributed by atoms with Crippen molar-refractivity contribution in [1.82, 2.24) is 0 Å². The lowest BCUT2D eigenvalue weighted by molar-refractivity contribution is -0.286. The second kappa shape index (κ2) is 9.82. The monoisotopic (exact) mass is 471 g/mol. The SMILES string of the molecule is O=C(Cc1ccccc1Nc1c(Cl)cccc1Cl)O[C@H]1O[C@H](C(=O)O)[C@@H](O)[C@H](O)[C@H]1O. The Morgan fingerprint density at radius 2 is 1.61 bits per heavy atom. The summed E-state index contributed by atoms with van der Waals surface area (Å²) in [6.07, 6.45) is -9.51. The Kier molecular flexibility index (Phi) is 7.37. The molecule has 31 heavy (non-hydrogen) atoms. The Morgan fingerprint density at radius 3 is 2.26 bits per heavy atom. The number of aliphatic hydroxyl groups is 3. The second-order valence-electron chi connectivity index (χ2n) is 6.78. The number of rotatable bonds is 6. The minimum atomic E-state index is -1.88. The van der Waals surface area contributed by atoms with Crippen LogP contribution in [-0.4, -0.2) is 63.1 Å². The van der Waals surface area contributed by atoms with Crippen molar-refractivity contribution in [3.05, 3.63) is 58.1 Å². The fourth-order valence-electron chi connectivity index (χ4n) is 3.02. The molecule has 11 heteroatoms. The number of para-hydroxylation sites is 2. The van der Waals surface area contributed by atoms with Gasteiger partial charge in [-0.2, -0.15) is 0 Å². The highest BCUT2D eigenvalue weighted by Gasteiger charge is 2.48. The number of carboxylic acid groups (broad SMARTS) is 1. The third-order valence-electron chi connectivity index (χ3n) is 4.64. The third kappa shape index (κ3) is 5.27. The highest BCUT2D eigenvalue weighted by molar-refractivity contribution is 6.39. The van der Waals surface area contributed by atoms with Crippen LogP contribution in [0.3, 0.4) is 0 Å². The highest BCUT2D eigenvalue weighted by atomic mass is 35.5. The number of halogens is 2. The van der Waals surface area contributed by atoms with Gasteiger partial charge in [-0.3, -0.25) is 4.79 Å². The quantitative estimate of drug-likeness (QED) is 0.397. The molecule has 1 aliphatic heterocycles. The van der Waals surface area contributed by atoms with Crippen molar-refractivity contribution >= 4 is 46.5 Å². The summed E-state index contributed by atoms with van der Waals surface area (Å²) >= 11 is 12.3. The minimum absolute atomic E-state index is 0.284. The molecule has 2 aromatic carbocycles. The number of nitrogens with one attached hydrogen (secondary N) is 1. The van der Waals surface area contributed by atoms with Crippen molar-refractivity contribution in [2.75, 3.05) is 5.32 Å². The predicted octanol–water partition coefficient (Wildman–Crippen LogP) is 1.71. The molecular weight excluding hydrogens is 453 g/mol. The molecule has 5 atom stereocenters. The maximum absolute atomic E-state index is 12.4. The number of anilines is 2. The van der Waals surface area contributed by atoms with E-state index in [1.807, 2.05) is 0 Å². The van der Waals surface area contributed by atoms with E-state index in [0.29, 0.717) is 27.0 Å². The van der Waals surface area contributed by atoms with E-state index in [2.05, 4.69) is 5.32 Å². The molecule has 1 fully saturated rings. The Labute approximate surface area is 186 Å². The zero-order valence-electron chi connectivity index (χ0n) is 15.8. The van der Waals surface area contributed by atoms with Gasteiger partial charge in [-0.25, -0.2) is 4.79 Å². The molecule has 0 aliphatic carbocycles. The van der Waals surface area contributed by atoms with Gasteiger partial charge in [-0.15, -0.1) is 0 Å². The second-order valence-corrected chi connectivity index (χ2v) is 7.59. The molecule has 1 saturated heterocycles. The van der Waals surface area contributed by atoms with Crippen LogP contribution < -0.4 is 5.32 Å². The maximum Gasteiger partial charge on any atom is 0.335 e. The molecular formula is C20H19Cl2NO8. The smallest absolute Gasteiger partial charge is 0.335 e. The van der Waals surface area contributed by atoms with Gasteiger partial charge < -0.3 is 35.2 Å². The molecule has 2 aromatic rings. The first-order valence-electron chi connectivity index (χ1n) is 9.10. The lowest BCUT2D eigenvalue weighted by Gasteiger charge is -2.37. The summed E-state index contributed by atoms with van der Waals surface area (Å²) in [4.78, 5) is 23.6. The van der Waals surface area contributed by atoms with Crippen molar-refractivity contribution in [1.29, 1.82) is 0 Å². The normalized spacial score (nSPS) is 25.6. The molecule has 0 radical (unpaired) electrons. The van der Waals surface area contributed by atoms with E-state index in [1.165, 1.54) is 0 Å². The van der Waals surface area contributed by atoms with Crippen molar-refractivity contribution < 1.29 is 39.5 Å². The summed E-state index contributed by atoms with van der Waals surface area (Å²) < 4.78 is 9.99. The molecule has 1 heterocycles. The largest absolute Gasteiger partial charge is 0.479 e. The molecule has 0 unspecified atom stereocenters. The molecule has 3 rings (SSSR count). The Hall–Kier alpha value is -2.40. The van der Waals surface area contributed by atoms with Gasteiger partial charge in [0.2, 0.25) is 6.29 Å². The van der Waals surface area contributed by atoms with Gasteiger partial charge in [0.05, 0.1) is 22.2 Å². The number of benzene rings is 2. The van der Waals surface area contributed by atoms with Gasteiger partial charge in [0.25, 0.3) is 0 Å². The Bertz CT molecular complexity index is 952. The number of carbonyl (C=O) groups is 2. The highest BCUT2D eigenvalue weighted by Crippen LogP contribution is 2.34. The fraction of sp³-hybridized carbons (Fsp3) is 0.300. The Balaban J connectivity index is 1.73. The fourth-order valence-corrected chi connectivity index (χ4v) is 3.52. The van der Waals surface area contributed by atoms with E-state index in [0.717, 1.165) is 0 Å². The van der Waals surface area contributed by atoms with Crippen LogP contribution in [0.15, 0.2) is 42.5 Å². The van der Waals surface area contributed by atoms with E-state index in [-0.39, 0.29) is 6.42 Å². The maximum atomic E-state index is 12.4. The van der Waals surface area contributed by atoms with E-state index in [4.69, 9.17) is 37.8 Å². The van der Waals surface area contributed by atoms with Crippen molar-refractivity contribution in [2.45, 2.75) is 37.1 Å². The van der Waals surface area contributed by atoms with Crippen LogP contribution >= 0.6 is 23.2 Å². The summed E-state index contributed by atoms with van der Waals surface area (Å²) in [6, 6.07) is 11.7. The van der Waals surface area contributed by atoms with Crippen LogP contribution in [0.2, 0.25) is 10.0 Å². The van der Waals surface area contributed by atoms with E-state index >= 15 is 0 Å². The minimum Gasteiger partial charge on any atom is -0.479 e. The third-order valence-corrected chi connectivity index (χ3v) is 5.27. The van der Waals surface area contributed by atoms with Crippen molar-refractivity contribution in [3.63, 3.8) is 0 Å². The zero-order chi connectivity index (χ0) is 22.7. The van der Waals surface area contributed by atoms with E-state index in [9.17, 15) is 24.9 Å². The van der Waals surface area contributed by atoms with Crippen molar-refractivity contribution in [2.24, 2.45) is 0 Å². The van der Waals surface area contributed by atoms with Crippen LogP contribution in [-0.2, 0) is 25.5 Å². The number of ether oxygens (including phenoxy) is 2. The number of aliphatic carboxylic acids is 1. The molecule has 0 aromatic heterocycles. The first kappa shape index (κ1) is 23.3. The average Bonchev–Trinajstić information content (AvgIpc) is 2.72. The van der Waals surface area contributed by atoms with Gasteiger partial charge in [-0.05, 0) is 23.8 Å². The summed E-state index contributed by atoms with van der Waals surface area (Å²) in [5.41, 5.74) is 1.45. The van der Waals surface area contributed by atoms with Crippen LogP contribution in [0.25, 0.3) is 0 Å². The number of hydrogen-bond donors (Lipinski definition) is 5. The molecule has 1 aliphatic rings. The molecule has 0 spiro atoms. The van der Waals surface area contributed by atoms with Crippen LogP contribution in [0.4, 0.5) is 11.4 Å². The number of carboxylic acids is 1. The first-order valence-corrected chi connectivity index (χ1v) is 9.85.